The predicted octanol–water partition coefficient (Wildman–Crippen LogP) is -0.652. The third-order valence-electron chi connectivity index (χ3n) is 5.06. The van der Waals surface area contributed by atoms with Crippen LogP contribution in [0.5, 0.6) is 0 Å². The first-order chi connectivity index (χ1) is 15.2. The Morgan fingerprint density at radius 2 is 1.81 bits per heavy atom. The molecule has 0 aliphatic carbocycles. The van der Waals surface area contributed by atoms with Crippen molar-refractivity contribution < 1.29 is 28.8 Å². The standard InChI is InChI=1S/C20H23N5O6S/c1-3-24-9-10-25(19(30)18(24)29)20(31)22-13(12-7-5-4-6-8-12)15(27)21-14-16(28)23-17(14)32-11(2)26/h4-8,13-14,17H,3,9-10H2,1-2H3,(H,21,27)(H,22,31)(H,23,28)/t13-,14-,17-/m1/s1. The summed E-state index contributed by atoms with van der Waals surface area (Å²) in [5.74, 6) is -2.90. The average molecular weight is 462 g/mol. The molecule has 2 heterocycles. The minimum atomic E-state index is -1.23. The number of thioether (sulfide) groups is 1. The Morgan fingerprint density at radius 3 is 2.41 bits per heavy atom. The highest BCUT2D eigenvalue weighted by Gasteiger charge is 2.43. The second-order valence-corrected chi connectivity index (χ2v) is 8.48. The second kappa shape index (κ2) is 9.81. The van der Waals surface area contributed by atoms with Crippen molar-refractivity contribution in [1.29, 1.82) is 0 Å². The van der Waals surface area contributed by atoms with E-state index >= 15 is 0 Å². The van der Waals surface area contributed by atoms with Gasteiger partial charge < -0.3 is 20.9 Å². The van der Waals surface area contributed by atoms with E-state index in [1.54, 1.807) is 37.3 Å². The third-order valence-corrected chi connectivity index (χ3v) is 6.03. The number of rotatable bonds is 6. The molecule has 1 aromatic rings. The molecule has 3 rings (SSSR count). The van der Waals surface area contributed by atoms with Crippen LogP contribution in [0.1, 0.15) is 25.5 Å². The summed E-state index contributed by atoms with van der Waals surface area (Å²) in [6, 6.07) is 5.20. The fraction of sp³-hybridized carbons (Fsp3) is 0.400. The van der Waals surface area contributed by atoms with E-state index < -0.39 is 47.1 Å². The minimum Gasteiger partial charge on any atom is -0.340 e. The van der Waals surface area contributed by atoms with E-state index in [1.165, 1.54) is 11.8 Å². The summed E-state index contributed by atoms with van der Waals surface area (Å²) in [6.45, 7) is 3.61. The van der Waals surface area contributed by atoms with E-state index in [-0.39, 0.29) is 18.2 Å². The van der Waals surface area contributed by atoms with E-state index in [0.29, 0.717) is 12.1 Å². The molecule has 2 saturated heterocycles. The number of benzene rings is 1. The summed E-state index contributed by atoms with van der Waals surface area (Å²) < 4.78 is 0. The molecule has 0 spiro atoms. The lowest BCUT2D eigenvalue weighted by Crippen LogP contribution is -2.68. The average Bonchev–Trinajstić information content (AvgIpc) is 2.77. The summed E-state index contributed by atoms with van der Waals surface area (Å²) in [5, 5.41) is 6.72. The van der Waals surface area contributed by atoms with Crippen molar-refractivity contribution in [2.45, 2.75) is 31.3 Å². The smallest absolute Gasteiger partial charge is 0.325 e. The molecule has 0 bridgehead atoms. The first-order valence-corrected chi connectivity index (χ1v) is 10.8. The van der Waals surface area contributed by atoms with Crippen LogP contribution >= 0.6 is 11.8 Å². The van der Waals surface area contributed by atoms with Crippen LogP contribution in [-0.2, 0) is 24.0 Å². The van der Waals surface area contributed by atoms with Crippen LogP contribution in [0.25, 0.3) is 0 Å². The number of β-lactam (4-membered cyclic amide) rings is 1. The van der Waals surface area contributed by atoms with Crippen molar-refractivity contribution in [2.75, 3.05) is 19.6 Å². The van der Waals surface area contributed by atoms with Crippen LogP contribution in [-0.4, -0.2) is 75.6 Å². The normalized spacial score (nSPS) is 21.4. The molecule has 170 valence electrons. The number of hydrogen-bond acceptors (Lipinski definition) is 7. The van der Waals surface area contributed by atoms with E-state index in [9.17, 15) is 28.8 Å². The first-order valence-electron chi connectivity index (χ1n) is 9.97. The van der Waals surface area contributed by atoms with Gasteiger partial charge in [0.1, 0.15) is 17.5 Å². The number of nitrogens with zero attached hydrogens (tertiary/aromatic N) is 2. The predicted molar refractivity (Wildman–Crippen MR) is 114 cm³/mol. The van der Waals surface area contributed by atoms with E-state index in [1.807, 2.05) is 0 Å². The summed E-state index contributed by atoms with van der Waals surface area (Å²) in [4.78, 5) is 75.6. The van der Waals surface area contributed by atoms with Crippen LogP contribution in [0, 0.1) is 0 Å². The Labute approximate surface area is 188 Å². The van der Waals surface area contributed by atoms with Crippen molar-refractivity contribution in [3.05, 3.63) is 35.9 Å². The maximum atomic E-state index is 13.0. The number of amides is 6. The number of nitrogens with one attached hydrogen (secondary N) is 3. The van der Waals surface area contributed by atoms with Gasteiger partial charge in [0.05, 0.1) is 0 Å². The van der Waals surface area contributed by atoms with Gasteiger partial charge in [-0.25, -0.2) is 4.79 Å². The highest BCUT2D eigenvalue weighted by molar-refractivity contribution is 8.14. The van der Waals surface area contributed by atoms with E-state index in [4.69, 9.17) is 0 Å². The van der Waals surface area contributed by atoms with Gasteiger partial charge in [0.25, 0.3) is 0 Å². The highest BCUT2D eigenvalue weighted by Crippen LogP contribution is 2.22. The van der Waals surface area contributed by atoms with Gasteiger partial charge in [0.2, 0.25) is 11.8 Å². The van der Waals surface area contributed by atoms with Crippen molar-refractivity contribution in [1.82, 2.24) is 25.8 Å². The second-order valence-electron chi connectivity index (χ2n) is 7.16. The lowest BCUT2D eigenvalue weighted by atomic mass is 10.0. The van der Waals surface area contributed by atoms with Crippen LogP contribution in [0.3, 0.4) is 0 Å². The van der Waals surface area contributed by atoms with Crippen LogP contribution in [0.4, 0.5) is 4.79 Å². The van der Waals surface area contributed by atoms with Crippen molar-refractivity contribution in [2.24, 2.45) is 0 Å². The molecular formula is C20H23N5O6S. The molecule has 32 heavy (non-hydrogen) atoms. The van der Waals surface area contributed by atoms with E-state index in [0.717, 1.165) is 16.7 Å². The molecule has 0 aromatic heterocycles. The molecule has 0 unspecified atom stereocenters. The van der Waals surface area contributed by atoms with Crippen LogP contribution < -0.4 is 16.0 Å². The lowest BCUT2D eigenvalue weighted by Gasteiger charge is -2.37. The van der Waals surface area contributed by atoms with Gasteiger partial charge in [-0.15, -0.1) is 0 Å². The molecule has 1 aromatic carbocycles. The van der Waals surface area contributed by atoms with Gasteiger partial charge in [0, 0.05) is 26.6 Å². The molecule has 0 radical (unpaired) electrons. The van der Waals surface area contributed by atoms with Crippen LogP contribution in [0.2, 0.25) is 0 Å². The van der Waals surface area contributed by atoms with Gasteiger partial charge in [-0.2, -0.15) is 0 Å². The topological polar surface area (TPSA) is 145 Å². The summed E-state index contributed by atoms with van der Waals surface area (Å²) in [7, 11) is 0. The maximum Gasteiger partial charge on any atom is 0.325 e. The van der Waals surface area contributed by atoms with Gasteiger partial charge in [-0.1, -0.05) is 42.1 Å². The number of urea groups is 1. The van der Waals surface area contributed by atoms with Gasteiger partial charge in [-0.05, 0) is 12.5 Å². The van der Waals surface area contributed by atoms with Gasteiger partial charge in [-0.3, -0.25) is 28.9 Å². The molecule has 3 atom stereocenters. The maximum absolute atomic E-state index is 13.0. The Kier molecular flexibility index (Phi) is 7.13. The number of carbonyl (C=O) groups is 6. The Hall–Kier alpha value is -3.41. The number of hydrogen-bond donors (Lipinski definition) is 3. The monoisotopic (exact) mass is 461 g/mol. The summed E-state index contributed by atoms with van der Waals surface area (Å²) in [6.07, 6.45) is 0. The van der Waals surface area contributed by atoms with Gasteiger partial charge in [0.15, 0.2) is 5.12 Å². The Morgan fingerprint density at radius 1 is 1.12 bits per heavy atom. The Bertz CT molecular complexity index is 955. The number of piperazine rings is 1. The summed E-state index contributed by atoms with van der Waals surface area (Å²) >= 11 is 0.874. The first kappa shape index (κ1) is 23.3. The molecule has 3 N–H and O–H groups in total. The third kappa shape index (κ3) is 4.90. The molecule has 2 aliphatic heterocycles. The van der Waals surface area contributed by atoms with Gasteiger partial charge >= 0.3 is 17.8 Å². The Balaban J connectivity index is 1.75. The minimum absolute atomic E-state index is 0.00423. The number of imide groups is 1. The van der Waals surface area contributed by atoms with E-state index in [2.05, 4.69) is 16.0 Å². The molecule has 12 heteroatoms. The molecular weight excluding hydrogens is 438 g/mol. The fourth-order valence-electron chi connectivity index (χ4n) is 3.33. The quantitative estimate of drug-likeness (QED) is 0.377. The largest absolute Gasteiger partial charge is 0.340 e. The summed E-state index contributed by atoms with van der Waals surface area (Å²) in [5.41, 5.74) is 0.417. The van der Waals surface area contributed by atoms with Crippen molar-refractivity contribution in [3.63, 3.8) is 0 Å². The molecule has 11 nitrogen and oxygen atoms in total. The number of likely N-dealkylation sites (N-methyl/N-ethyl adjacent to an activating group) is 1. The zero-order valence-electron chi connectivity index (χ0n) is 17.5. The molecule has 2 aliphatic rings. The SMILES string of the molecule is CCN1CCN(C(=O)N[C@@H](C(=O)N[C@@H]2C(=O)N[C@@H]2SC(C)=O)c2ccccc2)C(=O)C1=O. The highest BCUT2D eigenvalue weighted by atomic mass is 32.2. The lowest BCUT2D eigenvalue weighted by molar-refractivity contribution is -0.153. The zero-order chi connectivity index (χ0) is 23.4. The molecule has 6 amide bonds. The van der Waals surface area contributed by atoms with Crippen molar-refractivity contribution >= 4 is 46.5 Å². The van der Waals surface area contributed by atoms with Crippen LogP contribution in [0.15, 0.2) is 30.3 Å². The molecule has 2 fully saturated rings. The fourth-order valence-corrected chi connectivity index (χ4v) is 4.19. The number of carbonyl (C=O) groups excluding carboxylic acids is 6. The molecule has 0 saturated carbocycles. The zero-order valence-corrected chi connectivity index (χ0v) is 18.3. The van der Waals surface area contributed by atoms with Crippen molar-refractivity contribution in [3.8, 4) is 0 Å².